The number of halogens is 3. The van der Waals surface area contributed by atoms with Gasteiger partial charge in [0.25, 0.3) is 0 Å². The standard InChI is InChI=1S/C10H15F3O2/c1-7(8-5-3-2-4-6-8)15-9(14)10(11,12)13/h7-8H,2-6H2,1H3. The largest absolute Gasteiger partial charge is 0.490 e. The highest BCUT2D eigenvalue weighted by atomic mass is 19.4. The summed E-state index contributed by atoms with van der Waals surface area (Å²) in [6, 6.07) is 0. The van der Waals surface area contributed by atoms with E-state index in [-0.39, 0.29) is 5.92 Å². The summed E-state index contributed by atoms with van der Waals surface area (Å²) in [7, 11) is 0. The van der Waals surface area contributed by atoms with Crippen LogP contribution in [0.5, 0.6) is 0 Å². The Balaban J connectivity index is 2.40. The van der Waals surface area contributed by atoms with E-state index in [0.717, 1.165) is 32.1 Å². The van der Waals surface area contributed by atoms with Crippen molar-refractivity contribution in [2.45, 2.75) is 51.3 Å². The molecule has 0 bridgehead atoms. The quantitative estimate of drug-likeness (QED) is 0.674. The molecule has 2 nitrogen and oxygen atoms in total. The molecule has 0 amide bonds. The van der Waals surface area contributed by atoms with Crippen molar-refractivity contribution in [3.8, 4) is 0 Å². The van der Waals surface area contributed by atoms with Gasteiger partial charge in [0.05, 0.1) is 0 Å². The molecule has 1 unspecified atom stereocenters. The SMILES string of the molecule is CC(OC(=O)C(F)(F)F)C1CCCCC1. The van der Waals surface area contributed by atoms with E-state index in [1.165, 1.54) is 0 Å². The highest BCUT2D eigenvalue weighted by Crippen LogP contribution is 2.29. The number of alkyl halides is 3. The van der Waals surface area contributed by atoms with Gasteiger partial charge in [-0.2, -0.15) is 13.2 Å². The smallest absolute Gasteiger partial charge is 0.456 e. The van der Waals surface area contributed by atoms with Crippen LogP contribution in [-0.2, 0) is 9.53 Å². The van der Waals surface area contributed by atoms with E-state index >= 15 is 0 Å². The topological polar surface area (TPSA) is 26.3 Å². The van der Waals surface area contributed by atoms with Gasteiger partial charge in [-0.25, -0.2) is 4.79 Å². The third kappa shape index (κ3) is 3.72. The van der Waals surface area contributed by atoms with E-state index in [1.54, 1.807) is 6.92 Å². The third-order valence-electron chi connectivity index (χ3n) is 2.84. The monoisotopic (exact) mass is 224 g/mol. The van der Waals surface area contributed by atoms with Crippen molar-refractivity contribution in [3.05, 3.63) is 0 Å². The first-order valence-electron chi connectivity index (χ1n) is 5.19. The van der Waals surface area contributed by atoms with E-state index in [9.17, 15) is 18.0 Å². The van der Waals surface area contributed by atoms with Crippen molar-refractivity contribution in [1.29, 1.82) is 0 Å². The maximum Gasteiger partial charge on any atom is 0.490 e. The Kier molecular flexibility index (Phi) is 3.99. The molecule has 1 aliphatic carbocycles. The van der Waals surface area contributed by atoms with Crippen molar-refractivity contribution in [1.82, 2.24) is 0 Å². The molecule has 15 heavy (non-hydrogen) atoms. The van der Waals surface area contributed by atoms with E-state index in [1.807, 2.05) is 0 Å². The summed E-state index contributed by atoms with van der Waals surface area (Å²) in [5.41, 5.74) is 0. The third-order valence-corrected chi connectivity index (χ3v) is 2.84. The summed E-state index contributed by atoms with van der Waals surface area (Å²) >= 11 is 0. The van der Waals surface area contributed by atoms with Crippen LogP contribution in [0.15, 0.2) is 0 Å². The fourth-order valence-corrected chi connectivity index (χ4v) is 1.94. The minimum absolute atomic E-state index is 0.0880. The lowest BCUT2D eigenvalue weighted by Gasteiger charge is -2.27. The lowest BCUT2D eigenvalue weighted by atomic mass is 9.86. The zero-order chi connectivity index (χ0) is 11.5. The molecule has 0 aromatic heterocycles. The number of carbonyl (C=O) groups is 1. The molecule has 5 heteroatoms. The van der Waals surface area contributed by atoms with Gasteiger partial charge >= 0.3 is 12.1 Å². The van der Waals surface area contributed by atoms with Gasteiger partial charge in [0.2, 0.25) is 0 Å². The number of hydrogen-bond acceptors (Lipinski definition) is 2. The highest BCUT2D eigenvalue weighted by molar-refractivity contribution is 5.75. The van der Waals surface area contributed by atoms with Crippen LogP contribution >= 0.6 is 0 Å². The van der Waals surface area contributed by atoms with Gasteiger partial charge in [0.15, 0.2) is 0 Å². The molecule has 1 aliphatic rings. The van der Waals surface area contributed by atoms with Gasteiger partial charge in [-0.05, 0) is 25.7 Å². The van der Waals surface area contributed by atoms with E-state index < -0.39 is 18.2 Å². The van der Waals surface area contributed by atoms with E-state index in [4.69, 9.17) is 0 Å². The molecule has 0 radical (unpaired) electrons. The van der Waals surface area contributed by atoms with Crippen LogP contribution in [0.2, 0.25) is 0 Å². The Morgan fingerprint density at radius 2 is 1.80 bits per heavy atom. The van der Waals surface area contributed by atoms with Crippen LogP contribution in [0.25, 0.3) is 0 Å². The number of ether oxygens (including phenoxy) is 1. The Bertz CT molecular complexity index is 219. The fraction of sp³-hybridized carbons (Fsp3) is 0.900. The maximum atomic E-state index is 11.9. The minimum Gasteiger partial charge on any atom is -0.456 e. The van der Waals surface area contributed by atoms with Crippen LogP contribution in [0.3, 0.4) is 0 Å². The molecule has 1 saturated carbocycles. The number of esters is 1. The van der Waals surface area contributed by atoms with Crippen LogP contribution in [0, 0.1) is 5.92 Å². The lowest BCUT2D eigenvalue weighted by Crippen LogP contribution is -2.33. The molecule has 1 fully saturated rings. The van der Waals surface area contributed by atoms with E-state index in [2.05, 4.69) is 4.74 Å². The molecule has 0 aliphatic heterocycles. The van der Waals surface area contributed by atoms with Gasteiger partial charge in [-0.3, -0.25) is 0 Å². The van der Waals surface area contributed by atoms with Gasteiger partial charge in [-0.15, -0.1) is 0 Å². The second kappa shape index (κ2) is 4.86. The average molecular weight is 224 g/mol. The molecule has 0 aromatic carbocycles. The molecular weight excluding hydrogens is 209 g/mol. The predicted molar refractivity (Wildman–Crippen MR) is 48.2 cm³/mol. The van der Waals surface area contributed by atoms with E-state index in [0.29, 0.717) is 0 Å². The molecule has 1 rings (SSSR count). The first-order chi connectivity index (χ1) is 6.91. The summed E-state index contributed by atoms with van der Waals surface area (Å²) in [5.74, 6) is -1.98. The van der Waals surface area contributed by atoms with Crippen molar-refractivity contribution in [2.24, 2.45) is 5.92 Å². The fourth-order valence-electron chi connectivity index (χ4n) is 1.94. The molecule has 88 valence electrons. The Hall–Kier alpha value is -0.740. The Labute approximate surface area is 86.8 Å². The number of carbonyl (C=O) groups excluding carboxylic acids is 1. The zero-order valence-corrected chi connectivity index (χ0v) is 8.64. The highest BCUT2D eigenvalue weighted by Gasteiger charge is 2.42. The molecule has 0 spiro atoms. The van der Waals surface area contributed by atoms with Gasteiger partial charge in [0.1, 0.15) is 6.10 Å². The molecular formula is C10H15F3O2. The van der Waals surface area contributed by atoms with Gasteiger partial charge < -0.3 is 4.74 Å². The molecule has 0 N–H and O–H groups in total. The molecule has 0 heterocycles. The minimum atomic E-state index is -4.87. The van der Waals surface area contributed by atoms with Crippen LogP contribution in [0.1, 0.15) is 39.0 Å². The van der Waals surface area contributed by atoms with Crippen molar-refractivity contribution in [2.75, 3.05) is 0 Å². The first-order valence-corrected chi connectivity index (χ1v) is 5.19. The van der Waals surface area contributed by atoms with Crippen molar-refractivity contribution in [3.63, 3.8) is 0 Å². The maximum absolute atomic E-state index is 11.9. The first kappa shape index (κ1) is 12.3. The predicted octanol–water partition coefficient (Wildman–Crippen LogP) is 3.06. The summed E-state index contributed by atoms with van der Waals surface area (Å²) in [6.07, 6.45) is -0.644. The number of rotatable bonds is 2. The zero-order valence-electron chi connectivity index (χ0n) is 8.64. The molecule has 1 atom stereocenters. The number of hydrogen-bond donors (Lipinski definition) is 0. The second-order valence-electron chi connectivity index (χ2n) is 4.01. The summed E-state index contributed by atoms with van der Waals surface area (Å²) in [5, 5.41) is 0. The van der Waals surface area contributed by atoms with Gasteiger partial charge in [0, 0.05) is 0 Å². The second-order valence-corrected chi connectivity index (χ2v) is 4.01. The van der Waals surface area contributed by atoms with Crippen LogP contribution in [0.4, 0.5) is 13.2 Å². The van der Waals surface area contributed by atoms with Crippen LogP contribution in [-0.4, -0.2) is 18.2 Å². The Morgan fingerprint density at radius 3 is 2.27 bits per heavy atom. The summed E-state index contributed by atoms with van der Waals surface area (Å²) in [4.78, 5) is 10.6. The van der Waals surface area contributed by atoms with Gasteiger partial charge in [-0.1, -0.05) is 19.3 Å². The summed E-state index contributed by atoms with van der Waals surface area (Å²) in [6.45, 7) is 1.54. The van der Waals surface area contributed by atoms with Crippen LogP contribution < -0.4 is 0 Å². The average Bonchev–Trinajstić information content (AvgIpc) is 2.17. The summed E-state index contributed by atoms with van der Waals surface area (Å²) < 4.78 is 40.1. The normalized spacial score (nSPS) is 21.1. The molecule has 0 saturated heterocycles. The Morgan fingerprint density at radius 1 is 1.27 bits per heavy atom. The van der Waals surface area contributed by atoms with Crippen molar-refractivity contribution >= 4 is 5.97 Å². The molecule has 0 aromatic rings. The van der Waals surface area contributed by atoms with Crippen molar-refractivity contribution < 1.29 is 22.7 Å². The lowest BCUT2D eigenvalue weighted by molar-refractivity contribution is -0.206.